The fraction of sp³-hybridized carbons (Fsp3) is 0.882. The summed E-state index contributed by atoms with van der Waals surface area (Å²) in [6.45, 7) is 7.91. The molecule has 2 saturated carbocycles. The van der Waals surface area contributed by atoms with Gasteiger partial charge in [-0.3, -0.25) is 9.59 Å². The molecule has 0 aromatic heterocycles. The van der Waals surface area contributed by atoms with Crippen molar-refractivity contribution in [2.24, 2.45) is 23.2 Å². The minimum Gasteiger partial charge on any atom is -0.346 e. The number of nitrogens with one attached hydrogen (secondary N) is 1. The Morgan fingerprint density at radius 2 is 1.90 bits per heavy atom. The Morgan fingerprint density at radius 3 is 2.35 bits per heavy atom. The molecule has 2 aliphatic rings. The number of rotatable bonds is 5. The van der Waals surface area contributed by atoms with Crippen molar-refractivity contribution in [1.82, 2.24) is 5.32 Å². The van der Waals surface area contributed by atoms with E-state index in [0.717, 1.165) is 11.8 Å². The van der Waals surface area contributed by atoms with Crippen LogP contribution in [0.1, 0.15) is 66.2 Å². The van der Waals surface area contributed by atoms with E-state index in [2.05, 4.69) is 5.32 Å². The summed E-state index contributed by atoms with van der Waals surface area (Å²) in [4.78, 5) is 24.3. The van der Waals surface area contributed by atoms with Crippen LogP contribution in [-0.4, -0.2) is 17.7 Å². The predicted molar refractivity (Wildman–Crippen MR) is 80.2 cm³/mol. The van der Waals surface area contributed by atoms with Gasteiger partial charge in [-0.1, -0.05) is 34.1 Å². The molecule has 0 aliphatic heterocycles. The third-order valence-electron chi connectivity index (χ3n) is 5.17. The van der Waals surface area contributed by atoms with E-state index >= 15 is 0 Å². The van der Waals surface area contributed by atoms with Gasteiger partial charge in [-0.2, -0.15) is 0 Å². The number of hydrogen-bond acceptors (Lipinski definition) is 2. The van der Waals surface area contributed by atoms with E-state index < -0.39 is 0 Å². The van der Waals surface area contributed by atoms with E-state index in [1.165, 1.54) is 25.7 Å². The van der Waals surface area contributed by atoms with Crippen LogP contribution in [0.15, 0.2) is 0 Å². The molecule has 20 heavy (non-hydrogen) atoms. The summed E-state index contributed by atoms with van der Waals surface area (Å²) in [6.07, 6.45) is 6.32. The van der Waals surface area contributed by atoms with Gasteiger partial charge in [0.1, 0.15) is 0 Å². The van der Waals surface area contributed by atoms with Gasteiger partial charge in [0.2, 0.25) is 5.91 Å². The molecule has 4 atom stereocenters. The standard InChI is InChI=1S/C17H29NO2/c1-5-14(19)16(17(2,3)4)18-15(20)10-13-9-11-6-7-12(13)8-11/h11-13,16H,5-10H2,1-4H3,(H,18,20). The first-order chi connectivity index (χ1) is 9.31. The molecule has 114 valence electrons. The lowest BCUT2D eigenvalue weighted by atomic mass is 9.82. The van der Waals surface area contributed by atoms with Gasteiger partial charge in [0, 0.05) is 12.8 Å². The van der Waals surface area contributed by atoms with Crippen LogP contribution in [0.3, 0.4) is 0 Å². The van der Waals surface area contributed by atoms with Gasteiger partial charge in [-0.05, 0) is 42.4 Å². The maximum absolute atomic E-state index is 12.3. The summed E-state index contributed by atoms with van der Waals surface area (Å²) in [6, 6.07) is -0.349. The third kappa shape index (κ3) is 3.42. The molecule has 0 spiro atoms. The van der Waals surface area contributed by atoms with Crippen molar-refractivity contribution in [2.45, 2.75) is 72.3 Å². The molecule has 2 rings (SSSR count). The third-order valence-corrected chi connectivity index (χ3v) is 5.17. The van der Waals surface area contributed by atoms with Crippen LogP contribution in [0.2, 0.25) is 0 Å². The average Bonchev–Trinajstić information content (AvgIpc) is 2.95. The minimum atomic E-state index is -0.349. The van der Waals surface area contributed by atoms with Crippen LogP contribution >= 0.6 is 0 Å². The predicted octanol–water partition coefficient (Wildman–Crippen LogP) is 3.32. The molecule has 0 heterocycles. The lowest BCUT2D eigenvalue weighted by Crippen LogP contribution is -2.49. The highest BCUT2D eigenvalue weighted by atomic mass is 16.2. The molecule has 3 heteroatoms. The largest absolute Gasteiger partial charge is 0.346 e. The van der Waals surface area contributed by atoms with Crippen molar-refractivity contribution in [3.8, 4) is 0 Å². The lowest BCUT2D eigenvalue weighted by molar-refractivity contribution is -0.130. The molecule has 0 saturated heterocycles. The van der Waals surface area contributed by atoms with Crippen molar-refractivity contribution in [3.63, 3.8) is 0 Å². The second-order valence-corrected chi connectivity index (χ2v) is 7.83. The molecule has 2 bridgehead atoms. The van der Waals surface area contributed by atoms with Crippen LogP contribution in [0.5, 0.6) is 0 Å². The number of carbonyl (C=O) groups excluding carboxylic acids is 2. The first kappa shape index (κ1) is 15.5. The molecule has 1 amide bonds. The first-order valence-corrected chi connectivity index (χ1v) is 8.13. The van der Waals surface area contributed by atoms with Crippen molar-refractivity contribution < 1.29 is 9.59 Å². The average molecular weight is 279 g/mol. The molecule has 1 N–H and O–H groups in total. The fourth-order valence-corrected chi connectivity index (χ4v) is 4.07. The highest BCUT2D eigenvalue weighted by Crippen LogP contribution is 2.49. The Bertz CT molecular complexity index is 383. The van der Waals surface area contributed by atoms with E-state index in [0.29, 0.717) is 18.8 Å². The molecule has 3 nitrogen and oxygen atoms in total. The normalized spacial score (nSPS) is 30.3. The van der Waals surface area contributed by atoms with E-state index in [1.54, 1.807) is 0 Å². The van der Waals surface area contributed by atoms with Gasteiger partial charge >= 0.3 is 0 Å². The molecule has 2 fully saturated rings. The number of hydrogen-bond donors (Lipinski definition) is 1. The summed E-state index contributed by atoms with van der Waals surface area (Å²) < 4.78 is 0. The Kier molecular flexibility index (Phi) is 4.55. The summed E-state index contributed by atoms with van der Waals surface area (Å²) in [7, 11) is 0. The van der Waals surface area contributed by atoms with Crippen molar-refractivity contribution in [3.05, 3.63) is 0 Å². The Hall–Kier alpha value is -0.860. The van der Waals surface area contributed by atoms with E-state index in [9.17, 15) is 9.59 Å². The molecular weight excluding hydrogens is 250 g/mol. The number of amides is 1. The number of Topliss-reactive ketones (excluding diaryl/α,β-unsaturated/α-hetero) is 1. The molecule has 4 unspecified atom stereocenters. The summed E-state index contributed by atoms with van der Waals surface area (Å²) >= 11 is 0. The first-order valence-electron chi connectivity index (χ1n) is 8.13. The maximum Gasteiger partial charge on any atom is 0.220 e. The van der Waals surface area contributed by atoms with E-state index in [1.807, 2.05) is 27.7 Å². The number of ketones is 1. The fourth-order valence-electron chi connectivity index (χ4n) is 4.07. The van der Waals surface area contributed by atoms with Crippen molar-refractivity contribution in [1.29, 1.82) is 0 Å². The topological polar surface area (TPSA) is 46.2 Å². The minimum absolute atomic E-state index is 0.0734. The number of fused-ring (bicyclic) bond motifs is 2. The van der Waals surface area contributed by atoms with E-state index in [4.69, 9.17) is 0 Å². The summed E-state index contributed by atoms with van der Waals surface area (Å²) in [5.74, 6) is 2.41. The summed E-state index contributed by atoms with van der Waals surface area (Å²) in [5.41, 5.74) is -0.211. The SMILES string of the molecule is CCC(=O)C(NC(=O)CC1CC2CCC1C2)C(C)(C)C. The monoisotopic (exact) mass is 279 g/mol. The van der Waals surface area contributed by atoms with Crippen molar-refractivity contribution >= 4 is 11.7 Å². The van der Waals surface area contributed by atoms with Crippen LogP contribution in [0, 0.1) is 23.2 Å². The van der Waals surface area contributed by atoms with Gasteiger partial charge in [0.15, 0.2) is 5.78 Å². The van der Waals surface area contributed by atoms with Crippen LogP contribution in [-0.2, 0) is 9.59 Å². The zero-order valence-corrected chi connectivity index (χ0v) is 13.4. The van der Waals surface area contributed by atoms with Crippen molar-refractivity contribution in [2.75, 3.05) is 0 Å². The summed E-state index contributed by atoms with van der Waals surface area (Å²) in [5, 5.41) is 3.01. The van der Waals surface area contributed by atoms with Gasteiger partial charge in [-0.15, -0.1) is 0 Å². The Labute approximate surface area is 122 Å². The van der Waals surface area contributed by atoms with Crippen LogP contribution < -0.4 is 5.32 Å². The zero-order chi connectivity index (χ0) is 14.9. The molecule has 0 aromatic carbocycles. The van der Waals surface area contributed by atoms with Gasteiger partial charge in [-0.25, -0.2) is 0 Å². The zero-order valence-electron chi connectivity index (χ0n) is 13.4. The lowest BCUT2D eigenvalue weighted by Gasteiger charge is -2.31. The molecule has 0 aromatic rings. The smallest absolute Gasteiger partial charge is 0.220 e. The number of carbonyl (C=O) groups is 2. The van der Waals surface area contributed by atoms with Gasteiger partial charge in [0.25, 0.3) is 0 Å². The van der Waals surface area contributed by atoms with Gasteiger partial charge in [0.05, 0.1) is 6.04 Å². The highest BCUT2D eigenvalue weighted by molar-refractivity contribution is 5.89. The molecule has 2 aliphatic carbocycles. The quantitative estimate of drug-likeness (QED) is 0.839. The van der Waals surface area contributed by atoms with Crippen LogP contribution in [0.4, 0.5) is 0 Å². The Balaban J connectivity index is 1.90. The molecule has 0 radical (unpaired) electrons. The van der Waals surface area contributed by atoms with E-state index in [-0.39, 0.29) is 23.1 Å². The second kappa shape index (κ2) is 5.87. The highest BCUT2D eigenvalue weighted by Gasteiger charge is 2.40. The second-order valence-electron chi connectivity index (χ2n) is 7.83. The maximum atomic E-state index is 12.3. The Morgan fingerprint density at radius 1 is 1.20 bits per heavy atom. The van der Waals surface area contributed by atoms with Crippen LogP contribution in [0.25, 0.3) is 0 Å². The molecular formula is C17H29NO2. The van der Waals surface area contributed by atoms with Gasteiger partial charge < -0.3 is 5.32 Å².